The summed E-state index contributed by atoms with van der Waals surface area (Å²) in [6, 6.07) is 13.9. The van der Waals surface area contributed by atoms with Gasteiger partial charge in [-0.05, 0) is 54.6 Å². The van der Waals surface area contributed by atoms with Gasteiger partial charge in [-0.2, -0.15) is 0 Å². The lowest BCUT2D eigenvalue weighted by atomic mass is 9.98. The van der Waals surface area contributed by atoms with Gasteiger partial charge < -0.3 is 5.11 Å². The van der Waals surface area contributed by atoms with Crippen molar-refractivity contribution in [1.82, 2.24) is 4.98 Å². The van der Waals surface area contributed by atoms with Crippen LogP contribution in [0.1, 0.15) is 17.3 Å². The van der Waals surface area contributed by atoms with E-state index in [2.05, 4.69) is 4.98 Å². The molecule has 0 bridgehead atoms. The smallest absolute Gasteiger partial charge is 0.300 e. The van der Waals surface area contributed by atoms with Crippen LogP contribution in [-0.4, -0.2) is 21.8 Å². The van der Waals surface area contributed by atoms with Crippen LogP contribution in [-0.2, 0) is 9.59 Å². The summed E-state index contributed by atoms with van der Waals surface area (Å²) in [6.07, 6.45) is 1.51. The van der Waals surface area contributed by atoms with Gasteiger partial charge in [-0.25, -0.2) is 4.39 Å². The van der Waals surface area contributed by atoms with Gasteiger partial charge >= 0.3 is 0 Å². The van der Waals surface area contributed by atoms with E-state index in [0.29, 0.717) is 16.3 Å². The Hall–Kier alpha value is -3.22. The number of pyridine rings is 1. The van der Waals surface area contributed by atoms with Crippen LogP contribution >= 0.6 is 23.2 Å². The molecule has 2 heterocycles. The van der Waals surface area contributed by atoms with Crippen LogP contribution in [0.25, 0.3) is 5.76 Å². The first-order chi connectivity index (χ1) is 14.4. The second kappa shape index (κ2) is 7.89. The summed E-state index contributed by atoms with van der Waals surface area (Å²) < 4.78 is 13.7. The third-order valence-electron chi connectivity index (χ3n) is 4.71. The molecule has 1 unspecified atom stereocenters. The van der Waals surface area contributed by atoms with Crippen LogP contribution < -0.4 is 4.90 Å². The van der Waals surface area contributed by atoms with Crippen molar-refractivity contribution in [3.05, 3.63) is 99.6 Å². The highest BCUT2D eigenvalue weighted by molar-refractivity contribution is 6.51. The van der Waals surface area contributed by atoms with Crippen molar-refractivity contribution < 1.29 is 19.1 Å². The quantitative estimate of drug-likeness (QED) is 0.345. The number of aliphatic hydroxyl groups is 1. The van der Waals surface area contributed by atoms with E-state index in [4.69, 9.17) is 23.2 Å². The molecule has 2 aromatic carbocycles. The van der Waals surface area contributed by atoms with Gasteiger partial charge in [0.1, 0.15) is 17.6 Å². The van der Waals surface area contributed by atoms with Crippen molar-refractivity contribution in [2.24, 2.45) is 0 Å². The Morgan fingerprint density at radius 2 is 1.77 bits per heavy atom. The number of aromatic nitrogens is 1. The molecule has 0 radical (unpaired) electrons. The zero-order valence-electron chi connectivity index (χ0n) is 15.2. The Balaban J connectivity index is 1.94. The maximum absolute atomic E-state index is 13.7. The van der Waals surface area contributed by atoms with Gasteiger partial charge in [-0.1, -0.05) is 29.3 Å². The van der Waals surface area contributed by atoms with E-state index in [0.717, 1.165) is 11.0 Å². The number of carbonyl (C=O) groups excluding carboxylic acids is 2. The first-order valence-electron chi connectivity index (χ1n) is 8.81. The van der Waals surface area contributed by atoms with Crippen molar-refractivity contribution in [1.29, 1.82) is 0 Å². The molecule has 1 N–H and O–H groups in total. The van der Waals surface area contributed by atoms with Gasteiger partial charge in [-0.15, -0.1) is 0 Å². The first kappa shape index (κ1) is 20.1. The fourth-order valence-electron chi connectivity index (χ4n) is 3.31. The first-order valence-corrected chi connectivity index (χ1v) is 9.57. The third-order valence-corrected chi connectivity index (χ3v) is 5.25. The number of hydrogen-bond donors (Lipinski definition) is 1. The summed E-state index contributed by atoms with van der Waals surface area (Å²) in [5, 5.41) is 11.2. The fraction of sp³-hybridized carbons (Fsp3) is 0.0455. The highest BCUT2D eigenvalue weighted by atomic mass is 35.5. The molecule has 8 heteroatoms. The molecular weight excluding hydrogens is 430 g/mol. The van der Waals surface area contributed by atoms with Crippen molar-refractivity contribution in [2.45, 2.75) is 6.04 Å². The minimum absolute atomic E-state index is 0.138. The van der Waals surface area contributed by atoms with Gasteiger partial charge in [0.05, 0.1) is 16.3 Å². The summed E-state index contributed by atoms with van der Waals surface area (Å²) in [7, 11) is 0. The fourth-order valence-corrected chi connectivity index (χ4v) is 3.62. The van der Waals surface area contributed by atoms with E-state index in [9.17, 15) is 19.1 Å². The average molecular weight is 443 g/mol. The topological polar surface area (TPSA) is 70.5 Å². The number of hydrogen-bond acceptors (Lipinski definition) is 4. The summed E-state index contributed by atoms with van der Waals surface area (Å²) >= 11 is 11.8. The zero-order valence-corrected chi connectivity index (χ0v) is 16.7. The summed E-state index contributed by atoms with van der Waals surface area (Å²) in [6.45, 7) is 0. The van der Waals surface area contributed by atoms with Crippen LogP contribution in [0.2, 0.25) is 10.0 Å². The number of aliphatic hydroxyl groups excluding tert-OH is 1. The predicted molar refractivity (Wildman–Crippen MR) is 112 cm³/mol. The molecule has 1 amide bonds. The summed E-state index contributed by atoms with van der Waals surface area (Å²) in [5.41, 5.74) is 0.735. The molecule has 1 atom stereocenters. The molecule has 1 aliphatic rings. The molecule has 30 heavy (non-hydrogen) atoms. The molecule has 150 valence electrons. The van der Waals surface area contributed by atoms with Gasteiger partial charge in [0.25, 0.3) is 11.7 Å². The number of Topliss-reactive ketones (excluding diaryl/α,β-unsaturated/α-hetero) is 1. The number of nitrogens with zero attached hydrogens (tertiary/aromatic N) is 2. The largest absolute Gasteiger partial charge is 0.507 e. The minimum Gasteiger partial charge on any atom is -0.507 e. The summed E-state index contributed by atoms with van der Waals surface area (Å²) in [5.74, 6) is -2.80. The van der Waals surface area contributed by atoms with Gasteiger partial charge in [-0.3, -0.25) is 19.5 Å². The Bertz CT molecular complexity index is 1180. The van der Waals surface area contributed by atoms with Gasteiger partial charge in [0.2, 0.25) is 0 Å². The molecule has 4 rings (SSSR count). The summed E-state index contributed by atoms with van der Waals surface area (Å²) in [4.78, 5) is 31.3. The number of anilines is 1. The molecule has 1 fully saturated rings. The third kappa shape index (κ3) is 3.44. The highest BCUT2D eigenvalue weighted by Gasteiger charge is 2.47. The number of ketones is 1. The molecule has 0 spiro atoms. The second-order valence-electron chi connectivity index (χ2n) is 6.53. The van der Waals surface area contributed by atoms with Crippen LogP contribution in [0.15, 0.2) is 72.4 Å². The predicted octanol–water partition coefficient (Wildman–Crippen LogP) is 5.15. The molecule has 3 aromatic rings. The Morgan fingerprint density at radius 1 is 1.03 bits per heavy atom. The van der Waals surface area contributed by atoms with Crippen LogP contribution in [0.5, 0.6) is 0 Å². The van der Waals surface area contributed by atoms with Crippen molar-refractivity contribution in [2.75, 3.05) is 4.90 Å². The zero-order chi connectivity index (χ0) is 21.4. The van der Waals surface area contributed by atoms with Gasteiger partial charge in [0, 0.05) is 22.5 Å². The Labute approximate surface area is 181 Å². The lowest BCUT2D eigenvalue weighted by Crippen LogP contribution is -2.29. The molecule has 0 saturated carbocycles. The van der Waals surface area contributed by atoms with Crippen LogP contribution in [0, 0.1) is 5.82 Å². The second-order valence-corrected chi connectivity index (χ2v) is 7.37. The number of carbonyl (C=O) groups is 2. The normalized spacial score (nSPS) is 18.1. The Kier molecular flexibility index (Phi) is 5.28. The van der Waals surface area contributed by atoms with Crippen molar-refractivity contribution >= 4 is 46.3 Å². The average Bonchev–Trinajstić information content (AvgIpc) is 3.01. The molecule has 1 aromatic heterocycles. The molecular formula is C22H13Cl2FN2O3. The lowest BCUT2D eigenvalue weighted by molar-refractivity contribution is -0.132. The SMILES string of the molecule is O=C1C(=O)N(c2ccc(F)c(Cl)c2)C(c2ccccn2)/C1=C(\O)c1ccc(Cl)cc1. The molecule has 1 saturated heterocycles. The monoisotopic (exact) mass is 442 g/mol. The molecule has 5 nitrogen and oxygen atoms in total. The van der Waals surface area contributed by atoms with E-state index >= 15 is 0 Å². The standard InChI is InChI=1S/C22H13Cl2FN2O3/c23-13-6-4-12(5-7-13)20(28)18-19(17-3-1-2-10-26-17)27(22(30)21(18)29)14-8-9-16(25)15(24)11-14/h1-11,19,28H/b20-18+. The van der Waals surface area contributed by atoms with E-state index < -0.39 is 23.5 Å². The number of halogens is 3. The minimum atomic E-state index is -1.02. The number of benzene rings is 2. The van der Waals surface area contributed by atoms with Crippen LogP contribution in [0.3, 0.4) is 0 Å². The Morgan fingerprint density at radius 3 is 2.40 bits per heavy atom. The molecule has 0 aliphatic carbocycles. The van der Waals surface area contributed by atoms with E-state index in [-0.39, 0.29) is 22.0 Å². The van der Waals surface area contributed by atoms with Crippen molar-refractivity contribution in [3.63, 3.8) is 0 Å². The van der Waals surface area contributed by atoms with Gasteiger partial charge in [0.15, 0.2) is 0 Å². The maximum Gasteiger partial charge on any atom is 0.300 e. The number of amides is 1. The van der Waals surface area contributed by atoms with E-state index in [1.165, 1.54) is 30.5 Å². The van der Waals surface area contributed by atoms with E-state index in [1.54, 1.807) is 30.3 Å². The molecule has 1 aliphatic heterocycles. The van der Waals surface area contributed by atoms with E-state index in [1.807, 2.05) is 0 Å². The number of rotatable bonds is 3. The van der Waals surface area contributed by atoms with Crippen molar-refractivity contribution in [3.8, 4) is 0 Å². The van der Waals surface area contributed by atoms with Crippen LogP contribution in [0.4, 0.5) is 10.1 Å². The maximum atomic E-state index is 13.7. The lowest BCUT2D eigenvalue weighted by Gasteiger charge is -2.24. The highest BCUT2D eigenvalue weighted by Crippen LogP contribution is 2.42.